The molecule has 0 radical (unpaired) electrons. The standard InChI is InChI=1S/C14H28N4/c1-11(2)7-14(17(4)5)10-15-8-13-9-16-18(6)12(13)3/h9,11,14-15H,7-8,10H2,1-6H3. The number of aryl methyl sites for hydroxylation is 1. The highest BCUT2D eigenvalue weighted by Crippen LogP contribution is 2.09. The second-order valence-electron chi connectivity index (χ2n) is 5.76. The van der Waals surface area contributed by atoms with Gasteiger partial charge in [-0.25, -0.2) is 0 Å². The molecule has 4 nitrogen and oxygen atoms in total. The highest BCUT2D eigenvalue weighted by molar-refractivity contribution is 5.15. The minimum atomic E-state index is 0.599. The summed E-state index contributed by atoms with van der Waals surface area (Å²) in [4.78, 5) is 2.31. The van der Waals surface area contributed by atoms with Crippen LogP contribution in [0.2, 0.25) is 0 Å². The van der Waals surface area contributed by atoms with Crippen LogP contribution in [0.15, 0.2) is 6.20 Å². The van der Waals surface area contributed by atoms with Crippen LogP contribution >= 0.6 is 0 Å². The molecule has 1 heterocycles. The van der Waals surface area contributed by atoms with Crippen molar-refractivity contribution in [3.8, 4) is 0 Å². The lowest BCUT2D eigenvalue weighted by molar-refractivity contribution is 0.246. The molecule has 0 aliphatic rings. The van der Waals surface area contributed by atoms with E-state index >= 15 is 0 Å². The van der Waals surface area contributed by atoms with Gasteiger partial charge in [0.1, 0.15) is 0 Å². The largest absolute Gasteiger partial charge is 0.311 e. The molecule has 4 heteroatoms. The summed E-state index contributed by atoms with van der Waals surface area (Å²) in [6.07, 6.45) is 3.18. The molecule has 1 N–H and O–H groups in total. The van der Waals surface area contributed by atoms with Crippen molar-refractivity contribution >= 4 is 0 Å². The fraction of sp³-hybridized carbons (Fsp3) is 0.786. The van der Waals surface area contributed by atoms with Crippen LogP contribution in [0.1, 0.15) is 31.5 Å². The van der Waals surface area contributed by atoms with Crippen LogP contribution < -0.4 is 5.32 Å². The predicted molar refractivity (Wildman–Crippen MR) is 76.6 cm³/mol. The van der Waals surface area contributed by atoms with E-state index in [0.717, 1.165) is 19.0 Å². The SMILES string of the molecule is Cc1c(CNCC(CC(C)C)N(C)C)cnn1C. The molecular weight excluding hydrogens is 224 g/mol. The minimum absolute atomic E-state index is 0.599. The molecule has 0 aliphatic heterocycles. The number of hydrogen-bond donors (Lipinski definition) is 1. The molecule has 0 bridgehead atoms. The molecule has 1 aromatic heterocycles. The van der Waals surface area contributed by atoms with Crippen LogP contribution in [0.25, 0.3) is 0 Å². The van der Waals surface area contributed by atoms with Crippen molar-refractivity contribution in [2.75, 3.05) is 20.6 Å². The van der Waals surface area contributed by atoms with E-state index in [1.165, 1.54) is 17.7 Å². The topological polar surface area (TPSA) is 33.1 Å². The molecule has 1 unspecified atom stereocenters. The quantitative estimate of drug-likeness (QED) is 0.803. The first kappa shape index (κ1) is 15.2. The Bertz CT molecular complexity index is 355. The Hall–Kier alpha value is -0.870. The van der Waals surface area contributed by atoms with Crippen molar-refractivity contribution in [2.45, 2.75) is 39.8 Å². The second-order valence-corrected chi connectivity index (χ2v) is 5.76. The third kappa shape index (κ3) is 4.42. The Morgan fingerprint density at radius 3 is 2.50 bits per heavy atom. The first-order chi connectivity index (χ1) is 8.41. The summed E-state index contributed by atoms with van der Waals surface area (Å²) in [5, 5.41) is 7.81. The van der Waals surface area contributed by atoms with Gasteiger partial charge in [-0.15, -0.1) is 0 Å². The first-order valence-corrected chi connectivity index (χ1v) is 6.76. The Morgan fingerprint density at radius 1 is 1.39 bits per heavy atom. The molecule has 0 aromatic carbocycles. The molecule has 18 heavy (non-hydrogen) atoms. The number of aromatic nitrogens is 2. The van der Waals surface area contributed by atoms with Gasteiger partial charge in [0.2, 0.25) is 0 Å². The van der Waals surface area contributed by atoms with Crippen LogP contribution in [0.4, 0.5) is 0 Å². The van der Waals surface area contributed by atoms with Gasteiger partial charge < -0.3 is 10.2 Å². The van der Waals surface area contributed by atoms with Crippen molar-refractivity contribution in [3.63, 3.8) is 0 Å². The Morgan fingerprint density at radius 2 is 2.06 bits per heavy atom. The van der Waals surface area contributed by atoms with Gasteiger partial charge in [-0.3, -0.25) is 4.68 Å². The van der Waals surface area contributed by atoms with Crippen LogP contribution in [0, 0.1) is 12.8 Å². The molecule has 1 aromatic rings. The van der Waals surface area contributed by atoms with Crippen molar-refractivity contribution in [1.29, 1.82) is 0 Å². The molecule has 1 rings (SSSR count). The van der Waals surface area contributed by atoms with E-state index < -0.39 is 0 Å². The fourth-order valence-electron chi connectivity index (χ4n) is 2.11. The highest BCUT2D eigenvalue weighted by Gasteiger charge is 2.13. The Kier molecular flexibility index (Phi) is 5.82. The van der Waals surface area contributed by atoms with Crippen LogP contribution in [0.3, 0.4) is 0 Å². The summed E-state index contributed by atoms with van der Waals surface area (Å²) in [6.45, 7) is 8.60. The average Bonchev–Trinajstić information content (AvgIpc) is 2.58. The zero-order chi connectivity index (χ0) is 13.7. The van der Waals surface area contributed by atoms with E-state index in [1.54, 1.807) is 0 Å². The van der Waals surface area contributed by atoms with Gasteiger partial charge >= 0.3 is 0 Å². The molecule has 0 fully saturated rings. The second kappa shape index (κ2) is 6.90. The minimum Gasteiger partial charge on any atom is -0.311 e. The lowest BCUT2D eigenvalue weighted by atomic mass is 10.0. The summed E-state index contributed by atoms with van der Waals surface area (Å²) in [5.74, 6) is 0.735. The normalized spacial score (nSPS) is 13.6. The number of nitrogens with zero attached hydrogens (tertiary/aromatic N) is 3. The maximum atomic E-state index is 4.26. The number of rotatable bonds is 7. The first-order valence-electron chi connectivity index (χ1n) is 6.76. The molecule has 0 aliphatic carbocycles. The van der Waals surface area contributed by atoms with Gasteiger partial charge in [-0.05, 0) is 33.4 Å². The zero-order valence-electron chi connectivity index (χ0n) is 12.7. The van der Waals surface area contributed by atoms with E-state index in [4.69, 9.17) is 0 Å². The summed E-state index contributed by atoms with van der Waals surface area (Å²) in [7, 11) is 6.30. The molecule has 0 amide bonds. The molecule has 104 valence electrons. The monoisotopic (exact) mass is 252 g/mol. The summed E-state index contributed by atoms with van der Waals surface area (Å²) >= 11 is 0. The maximum Gasteiger partial charge on any atom is 0.0537 e. The van der Waals surface area contributed by atoms with Gasteiger partial charge in [0.15, 0.2) is 0 Å². The molecule has 0 saturated heterocycles. The van der Waals surface area contributed by atoms with E-state index in [2.05, 4.69) is 50.2 Å². The summed E-state index contributed by atoms with van der Waals surface area (Å²) in [6, 6.07) is 0.599. The van der Waals surface area contributed by atoms with Gasteiger partial charge in [0.25, 0.3) is 0 Å². The van der Waals surface area contributed by atoms with Crippen LogP contribution in [0.5, 0.6) is 0 Å². The summed E-state index contributed by atoms with van der Waals surface area (Å²) < 4.78 is 1.93. The average molecular weight is 252 g/mol. The van der Waals surface area contributed by atoms with Crippen LogP contribution in [-0.2, 0) is 13.6 Å². The van der Waals surface area contributed by atoms with Crippen molar-refractivity contribution < 1.29 is 0 Å². The van der Waals surface area contributed by atoms with E-state index in [-0.39, 0.29) is 0 Å². The lowest BCUT2D eigenvalue weighted by Gasteiger charge is -2.26. The van der Waals surface area contributed by atoms with E-state index in [1.807, 2.05) is 17.9 Å². The van der Waals surface area contributed by atoms with Gasteiger partial charge in [-0.2, -0.15) is 5.10 Å². The van der Waals surface area contributed by atoms with E-state index in [0.29, 0.717) is 6.04 Å². The molecular formula is C14H28N4. The molecule has 0 spiro atoms. The number of hydrogen-bond acceptors (Lipinski definition) is 3. The maximum absolute atomic E-state index is 4.26. The third-order valence-corrected chi connectivity index (χ3v) is 3.51. The Balaban J connectivity index is 2.41. The number of nitrogens with one attached hydrogen (secondary N) is 1. The van der Waals surface area contributed by atoms with E-state index in [9.17, 15) is 0 Å². The molecule has 0 saturated carbocycles. The van der Waals surface area contributed by atoms with Crippen molar-refractivity contribution in [2.24, 2.45) is 13.0 Å². The fourth-order valence-corrected chi connectivity index (χ4v) is 2.11. The van der Waals surface area contributed by atoms with Gasteiger partial charge in [-0.1, -0.05) is 13.8 Å². The van der Waals surface area contributed by atoms with Crippen LogP contribution in [-0.4, -0.2) is 41.4 Å². The third-order valence-electron chi connectivity index (χ3n) is 3.51. The smallest absolute Gasteiger partial charge is 0.0537 e. The van der Waals surface area contributed by atoms with Gasteiger partial charge in [0, 0.05) is 37.4 Å². The zero-order valence-corrected chi connectivity index (χ0v) is 12.7. The summed E-state index contributed by atoms with van der Waals surface area (Å²) in [5.41, 5.74) is 2.53. The Labute approximate surface area is 111 Å². The highest BCUT2D eigenvalue weighted by atomic mass is 15.3. The lowest BCUT2D eigenvalue weighted by Crippen LogP contribution is -2.38. The van der Waals surface area contributed by atoms with Gasteiger partial charge in [0.05, 0.1) is 6.20 Å². The number of likely N-dealkylation sites (N-methyl/N-ethyl adjacent to an activating group) is 1. The predicted octanol–water partition coefficient (Wildman–Crippen LogP) is 1.79. The van der Waals surface area contributed by atoms with Crippen molar-refractivity contribution in [1.82, 2.24) is 20.0 Å². The molecule has 1 atom stereocenters. The van der Waals surface area contributed by atoms with Crippen molar-refractivity contribution in [3.05, 3.63) is 17.5 Å².